The molecule has 2 amide bonds. The van der Waals surface area contributed by atoms with E-state index in [1.54, 1.807) is 6.08 Å². The van der Waals surface area contributed by atoms with Crippen molar-refractivity contribution in [3.8, 4) is 5.75 Å². The molecule has 1 fully saturated rings. The van der Waals surface area contributed by atoms with Crippen LogP contribution in [-0.4, -0.2) is 32.7 Å². The van der Waals surface area contributed by atoms with Crippen LogP contribution in [0.5, 0.6) is 5.75 Å². The van der Waals surface area contributed by atoms with E-state index in [2.05, 4.69) is 5.32 Å². The van der Waals surface area contributed by atoms with Crippen LogP contribution in [0.25, 0.3) is 6.08 Å². The fourth-order valence-corrected chi connectivity index (χ4v) is 4.02. The maximum absolute atomic E-state index is 12.6. The van der Waals surface area contributed by atoms with E-state index in [1.807, 2.05) is 31.2 Å². The van der Waals surface area contributed by atoms with E-state index in [4.69, 9.17) is 23.8 Å². The number of halogens is 1. The van der Waals surface area contributed by atoms with Crippen molar-refractivity contribution in [2.24, 2.45) is 0 Å². The normalized spacial score (nSPS) is 15.4. The molecule has 0 spiro atoms. The first kappa shape index (κ1) is 20.4. The highest BCUT2D eigenvalue weighted by Crippen LogP contribution is 2.33. The lowest BCUT2D eigenvalue weighted by Crippen LogP contribution is -2.31. The molecule has 0 atom stereocenters. The topological polar surface area (TPSA) is 69.6 Å². The van der Waals surface area contributed by atoms with Crippen LogP contribution in [0.1, 0.15) is 17.5 Å². The number of phenols is 1. The molecule has 1 heterocycles. The number of hydrogen-bond donors (Lipinski definition) is 2. The number of thiocarbonyl (C=S) groups is 1. The Morgan fingerprint density at radius 1 is 1.29 bits per heavy atom. The Labute approximate surface area is 177 Å². The van der Waals surface area contributed by atoms with E-state index in [9.17, 15) is 14.7 Å². The minimum absolute atomic E-state index is 0.0379. The van der Waals surface area contributed by atoms with Crippen LogP contribution in [0.2, 0.25) is 5.02 Å². The fourth-order valence-electron chi connectivity index (χ4n) is 2.54. The molecule has 2 aromatic rings. The van der Waals surface area contributed by atoms with Gasteiger partial charge < -0.3 is 10.4 Å². The third kappa shape index (κ3) is 4.92. The van der Waals surface area contributed by atoms with E-state index in [1.165, 1.54) is 34.9 Å². The molecule has 2 N–H and O–H groups in total. The number of carbonyl (C=O) groups excluding carboxylic acids is 2. The molecule has 28 heavy (non-hydrogen) atoms. The van der Waals surface area contributed by atoms with E-state index >= 15 is 0 Å². The summed E-state index contributed by atoms with van der Waals surface area (Å²) in [5.41, 5.74) is 2.28. The third-order valence-electron chi connectivity index (χ3n) is 4.04. The van der Waals surface area contributed by atoms with Crippen LogP contribution in [0.3, 0.4) is 0 Å². The quantitative estimate of drug-likeness (QED) is 0.411. The SMILES string of the molecule is Cc1ccc(/C=C2\SC(=S)N(CCC(=O)Nc3cc(Cl)ccc3O)C2=O)cc1. The minimum Gasteiger partial charge on any atom is -0.506 e. The van der Waals surface area contributed by atoms with Crippen LogP contribution < -0.4 is 5.32 Å². The summed E-state index contributed by atoms with van der Waals surface area (Å²) in [6.07, 6.45) is 1.83. The Hall–Kier alpha value is -2.35. The molecule has 0 saturated carbocycles. The summed E-state index contributed by atoms with van der Waals surface area (Å²) in [6.45, 7) is 2.15. The number of aryl methyl sites for hydroxylation is 1. The third-order valence-corrected chi connectivity index (χ3v) is 5.66. The second-order valence-corrected chi connectivity index (χ2v) is 8.32. The second-order valence-electron chi connectivity index (χ2n) is 6.20. The Bertz CT molecular complexity index is 974. The number of carbonyl (C=O) groups is 2. The predicted octanol–water partition coefficient (Wildman–Crippen LogP) is 4.58. The van der Waals surface area contributed by atoms with Crippen molar-refractivity contribution < 1.29 is 14.7 Å². The van der Waals surface area contributed by atoms with Crippen molar-refractivity contribution in [3.05, 3.63) is 63.5 Å². The molecule has 3 rings (SSSR count). The number of thioether (sulfide) groups is 1. The largest absolute Gasteiger partial charge is 0.506 e. The van der Waals surface area contributed by atoms with Crippen molar-refractivity contribution in [2.45, 2.75) is 13.3 Å². The zero-order chi connectivity index (χ0) is 20.3. The molecule has 1 saturated heterocycles. The van der Waals surface area contributed by atoms with E-state index in [-0.39, 0.29) is 36.2 Å². The average molecular weight is 433 g/mol. The number of hydrogen-bond acceptors (Lipinski definition) is 5. The van der Waals surface area contributed by atoms with Gasteiger partial charge in [-0.05, 0) is 36.8 Å². The van der Waals surface area contributed by atoms with Gasteiger partial charge in [0.1, 0.15) is 10.1 Å². The van der Waals surface area contributed by atoms with Crippen LogP contribution in [0.15, 0.2) is 47.4 Å². The molecule has 144 valence electrons. The minimum atomic E-state index is -0.353. The van der Waals surface area contributed by atoms with Gasteiger partial charge in [-0.1, -0.05) is 65.4 Å². The van der Waals surface area contributed by atoms with Crippen molar-refractivity contribution in [3.63, 3.8) is 0 Å². The molecule has 1 aliphatic heterocycles. The monoisotopic (exact) mass is 432 g/mol. The van der Waals surface area contributed by atoms with Crippen LogP contribution >= 0.6 is 35.6 Å². The lowest BCUT2D eigenvalue weighted by Gasteiger charge is -2.14. The predicted molar refractivity (Wildman–Crippen MR) is 117 cm³/mol. The molecule has 0 unspecified atom stereocenters. The summed E-state index contributed by atoms with van der Waals surface area (Å²) in [6, 6.07) is 12.2. The van der Waals surface area contributed by atoms with Gasteiger partial charge in [0.2, 0.25) is 5.91 Å². The lowest BCUT2D eigenvalue weighted by atomic mass is 10.1. The van der Waals surface area contributed by atoms with E-state index < -0.39 is 0 Å². The first-order valence-corrected chi connectivity index (χ1v) is 10.0. The molecule has 0 radical (unpaired) electrons. The van der Waals surface area contributed by atoms with Gasteiger partial charge in [0.25, 0.3) is 5.91 Å². The Balaban J connectivity index is 1.62. The van der Waals surface area contributed by atoms with Gasteiger partial charge in [-0.25, -0.2) is 0 Å². The van der Waals surface area contributed by atoms with Crippen molar-refractivity contribution in [1.29, 1.82) is 0 Å². The number of benzene rings is 2. The highest BCUT2D eigenvalue weighted by atomic mass is 35.5. The summed E-state index contributed by atoms with van der Waals surface area (Å²) in [5.74, 6) is -0.646. The average Bonchev–Trinajstić information content (AvgIpc) is 2.91. The van der Waals surface area contributed by atoms with Crippen LogP contribution in [-0.2, 0) is 9.59 Å². The molecule has 0 aromatic heterocycles. The van der Waals surface area contributed by atoms with Gasteiger partial charge in [0, 0.05) is 18.0 Å². The maximum atomic E-state index is 12.6. The van der Waals surface area contributed by atoms with Crippen molar-refractivity contribution >= 4 is 63.5 Å². The van der Waals surface area contributed by atoms with Gasteiger partial charge in [-0.2, -0.15) is 0 Å². The lowest BCUT2D eigenvalue weighted by molar-refractivity contribution is -0.122. The number of nitrogens with zero attached hydrogens (tertiary/aromatic N) is 1. The van der Waals surface area contributed by atoms with Gasteiger partial charge in [-0.15, -0.1) is 0 Å². The molecule has 0 aliphatic carbocycles. The first-order chi connectivity index (χ1) is 13.3. The summed E-state index contributed by atoms with van der Waals surface area (Å²) >= 11 is 12.4. The zero-order valence-electron chi connectivity index (χ0n) is 14.9. The summed E-state index contributed by atoms with van der Waals surface area (Å²) in [4.78, 5) is 26.7. The molecule has 1 aliphatic rings. The summed E-state index contributed by atoms with van der Waals surface area (Å²) in [5, 5.41) is 12.7. The van der Waals surface area contributed by atoms with E-state index in [0.29, 0.717) is 14.2 Å². The first-order valence-electron chi connectivity index (χ1n) is 8.44. The standard InChI is InChI=1S/C20H17ClN2O3S2/c1-12-2-4-13(5-3-12)10-17-19(26)23(20(27)28-17)9-8-18(25)22-15-11-14(21)6-7-16(15)24/h2-7,10-11,24H,8-9H2,1H3,(H,22,25)/b17-10-. The van der Waals surface area contributed by atoms with Gasteiger partial charge >= 0.3 is 0 Å². The van der Waals surface area contributed by atoms with Gasteiger partial charge in [-0.3, -0.25) is 14.5 Å². The second kappa shape index (κ2) is 8.77. The molecule has 5 nitrogen and oxygen atoms in total. The Morgan fingerprint density at radius 2 is 2.00 bits per heavy atom. The van der Waals surface area contributed by atoms with Crippen molar-refractivity contribution in [2.75, 3.05) is 11.9 Å². The molecule has 8 heteroatoms. The highest BCUT2D eigenvalue weighted by molar-refractivity contribution is 8.26. The number of aromatic hydroxyl groups is 1. The van der Waals surface area contributed by atoms with E-state index in [0.717, 1.165) is 11.1 Å². The number of rotatable bonds is 5. The number of amides is 2. The van der Waals surface area contributed by atoms with Gasteiger partial charge in [0.05, 0.1) is 10.6 Å². The molecular weight excluding hydrogens is 416 g/mol. The van der Waals surface area contributed by atoms with Crippen molar-refractivity contribution in [1.82, 2.24) is 4.90 Å². The molecule has 0 bridgehead atoms. The van der Waals surface area contributed by atoms with Gasteiger partial charge in [0.15, 0.2) is 0 Å². The Kier molecular flexibility index (Phi) is 6.39. The summed E-state index contributed by atoms with van der Waals surface area (Å²) in [7, 11) is 0. The number of phenolic OH excluding ortho intramolecular Hbond substituents is 1. The maximum Gasteiger partial charge on any atom is 0.266 e. The molecule has 2 aromatic carbocycles. The summed E-state index contributed by atoms with van der Waals surface area (Å²) < 4.78 is 0.418. The zero-order valence-corrected chi connectivity index (χ0v) is 17.3. The fraction of sp³-hybridized carbons (Fsp3) is 0.150. The smallest absolute Gasteiger partial charge is 0.266 e. The van der Waals surface area contributed by atoms with Crippen LogP contribution in [0.4, 0.5) is 5.69 Å². The number of anilines is 1. The Morgan fingerprint density at radius 3 is 2.71 bits per heavy atom. The van der Waals surface area contributed by atoms with Crippen LogP contribution in [0, 0.1) is 6.92 Å². The molecular formula is C20H17ClN2O3S2. The number of nitrogens with one attached hydrogen (secondary N) is 1. The highest BCUT2D eigenvalue weighted by Gasteiger charge is 2.32.